The summed E-state index contributed by atoms with van der Waals surface area (Å²) in [7, 11) is 0. The van der Waals surface area contributed by atoms with Gasteiger partial charge in [0, 0.05) is 35.7 Å². The smallest absolute Gasteiger partial charge is 0.0465 e. The Balaban J connectivity index is 2.06. The number of halogens is 2. The third-order valence-electron chi connectivity index (χ3n) is 3.07. The summed E-state index contributed by atoms with van der Waals surface area (Å²) >= 11 is 12.1. The summed E-state index contributed by atoms with van der Waals surface area (Å²) in [5.74, 6) is 0. The zero-order chi connectivity index (χ0) is 11.5. The van der Waals surface area contributed by atoms with Crippen molar-refractivity contribution in [2.24, 2.45) is 0 Å². The summed E-state index contributed by atoms with van der Waals surface area (Å²) in [5.41, 5.74) is 1.15. The van der Waals surface area contributed by atoms with Crippen molar-refractivity contribution in [3.63, 3.8) is 0 Å². The summed E-state index contributed by atoms with van der Waals surface area (Å²) in [5, 5.41) is 4.75. The molecule has 0 spiro atoms. The Labute approximate surface area is 107 Å². The predicted octanol–water partition coefficient (Wildman–Crippen LogP) is 2.79. The molecule has 1 saturated heterocycles. The lowest BCUT2D eigenvalue weighted by Crippen LogP contribution is -2.56. The summed E-state index contributed by atoms with van der Waals surface area (Å²) in [4.78, 5) is 2.44. The molecule has 2 rings (SSSR count). The first-order chi connectivity index (χ1) is 7.70. The third-order valence-corrected chi connectivity index (χ3v) is 3.66. The first kappa shape index (κ1) is 12.2. The van der Waals surface area contributed by atoms with Crippen LogP contribution in [0.4, 0.5) is 0 Å². The van der Waals surface area contributed by atoms with Crippen LogP contribution in [0.3, 0.4) is 0 Å². The van der Waals surface area contributed by atoms with E-state index >= 15 is 0 Å². The Morgan fingerprint density at radius 1 is 1.38 bits per heavy atom. The maximum Gasteiger partial charge on any atom is 0.0465 e. The number of benzene rings is 1. The quantitative estimate of drug-likeness (QED) is 0.894. The normalized spacial score (nSPS) is 16.5. The molecule has 0 saturated carbocycles. The van der Waals surface area contributed by atoms with Gasteiger partial charge in [0.1, 0.15) is 0 Å². The first-order valence-corrected chi connectivity index (χ1v) is 6.35. The molecule has 1 N–H and O–H groups in total. The molecule has 4 heteroatoms. The Morgan fingerprint density at radius 3 is 2.62 bits per heavy atom. The van der Waals surface area contributed by atoms with Crippen LogP contribution in [0.15, 0.2) is 18.2 Å². The standard InChI is InChI=1S/C12H16Cl2N2/c1-2-16(11-6-15-7-11)8-9-3-4-10(13)5-12(9)14/h3-5,11,15H,2,6-8H2,1H3. The molecule has 1 aromatic rings. The molecule has 0 unspecified atom stereocenters. The van der Waals surface area contributed by atoms with Gasteiger partial charge in [0.25, 0.3) is 0 Å². The van der Waals surface area contributed by atoms with E-state index in [0.717, 1.165) is 36.8 Å². The van der Waals surface area contributed by atoms with E-state index in [-0.39, 0.29) is 0 Å². The second-order valence-corrected chi connectivity index (χ2v) is 4.95. The molecule has 0 aromatic heterocycles. The van der Waals surface area contributed by atoms with Crippen molar-refractivity contribution in [1.82, 2.24) is 10.2 Å². The van der Waals surface area contributed by atoms with Gasteiger partial charge in [0.2, 0.25) is 0 Å². The minimum absolute atomic E-state index is 0.650. The highest BCUT2D eigenvalue weighted by Crippen LogP contribution is 2.23. The van der Waals surface area contributed by atoms with Gasteiger partial charge in [-0.1, -0.05) is 36.2 Å². The second kappa shape index (κ2) is 5.37. The monoisotopic (exact) mass is 258 g/mol. The van der Waals surface area contributed by atoms with Crippen LogP contribution >= 0.6 is 23.2 Å². The summed E-state index contributed by atoms with van der Waals surface area (Å²) in [6.45, 7) is 6.30. The SMILES string of the molecule is CCN(Cc1ccc(Cl)cc1Cl)C1CNC1. The van der Waals surface area contributed by atoms with Crippen LogP contribution in [0.5, 0.6) is 0 Å². The summed E-state index contributed by atoms with van der Waals surface area (Å²) < 4.78 is 0. The lowest BCUT2D eigenvalue weighted by molar-refractivity contribution is 0.145. The van der Waals surface area contributed by atoms with E-state index in [1.165, 1.54) is 0 Å². The topological polar surface area (TPSA) is 15.3 Å². The number of nitrogens with one attached hydrogen (secondary N) is 1. The lowest BCUT2D eigenvalue weighted by Gasteiger charge is -2.37. The molecule has 0 amide bonds. The van der Waals surface area contributed by atoms with E-state index < -0.39 is 0 Å². The number of nitrogens with zero attached hydrogens (tertiary/aromatic N) is 1. The highest BCUT2D eigenvalue weighted by molar-refractivity contribution is 6.35. The van der Waals surface area contributed by atoms with E-state index in [0.29, 0.717) is 11.1 Å². The van der Waals surface area contributed by atoms with Gasteiger partial charge in [-0.3, -0.25) is 4.90 Å². The van der Waals surface area contributed by atoms with Gasteiger partial charge < -0.3 is 5.32 Å². The average molecular weight is 259 g/mol. The molecule has 16 heavy (non-hydrogen) atoms. The van der Waals surface area contributed by atoms with Crippen LogP contribution in [-0.2, 0) is 6.54 Å². The van der Waals surface area contributed by atoms with E-state index in [1.54, 1.807) is 0 Å². The van der Waals surface area contributed by atoms with Crippen molar-refractivity contribution in [3.8, 4) is 0 Å². The zero-order valence-electron chi connectivity index (χ0n) is 9.34. The van der Waals surface area contributed by atoms with Gasteiger partial charge in [-0.15, -0.1) is 0 Å². The van der Waals surface area contributed by atoms with Crippen molar-refractivity contribution >= 4 is 23.2 Å². The van der Waals surface area contributed by atoms with Crippen LogP contribution in [0, 0.1) is 0 Å². The van der Waals surface area contributed by atoms with E-state index in [4.69, 9.17) is 23.2 Å². The van der Waals surface area contributed by atoms with Crippen LogP contribution < -0.4 is 5.32 Å². The number of hydrogen-bond acceptors (Lipinski definition) is 2. The van der Waals surface area contributed by atoms with Crippen LogP contribution in [0.2, 0.25) is 10.0 Å². The van der Waals surface area contributed by atoms with E-state index in [9.17, 15) is 0 Å². The van der Waals surface area contributed by atoms with Crippen molar-refractivity contribution in [3.05, 3.63) is 33.8 Å². The van der Waals surface area contributed by atoms with Gasteiger partial charge >= 0.3 is 0 Å². The highest BCUT2D eigenvalue weighted by Gasteiger charge is 2.23. The predicted molar refractivity (Wildman–Crippen MR) is 69.2 cm³/mol. The van der Waals surface area contributed by atoms with Gasteiger partial charge in [-0.25, -0.2) is 0 Å². The molecule has 0 atom stereocenters. The van der Waals surface area contributed by atoms with Crippen molar-refractivity contribution in [1.29, 1.82) is 0 Å². The fraction of sp³-hybridized carbons (Fsp3) is 0.500. The first-order valence-electron chi connectivity index (χ1n) is 5.59. The molecule has 1 aliphatic rings. The van der Waals surface area contributed by atoms with Crippen LogP contribution in [-0.4, -0.2) is 30.6 Å². The molecule has 1 heterocycles. The maximum absolute atomic E-state index is 6.17. The highest BCUT2D eigenvalue weighted by atomic mass is 35.5. The molecule has 0 bridgehead atoms. The molecule has 0 radical (unpaired) electrons. The third kappa shape index (κ3) is 2.69. The number of likely N-dealkylation sites (N-methyl/N-ethyl adjacent to an activating group) is 1. The molecule has 1 aromatic carbocycles. The van der Waals surface area contributed by atoms with Crippen molar-refractivity contribution in [2.45, 2.75) is 19.5 Å². The Kier molecular flexibility index (Phi) is 4.09. The van der Waals surface area contributed by atoms with Crippen LogP contribution in [0.1, 0.15) is 12.5 Å². The zero-order valence-corrected chi connectivity index (χ0v) is 10.9. The van der Waals surface area contributed by atoms with Gasteiger partial charge in [0.05, 0.1) is 0 Å². The minimum Gasteiger partial charge on any atom is -0.314 e. The fourth-order valence-corrected chi connectivity index (χ4v) is 2.37. The lowest BCUT2D eigenvalue weighted by atomic mass is 10.1. The largest absolute Gasteiger partial charge is 0.314 e. The molecule has 1 fully saturated rings. The number of rotatable bonds is 4. The van der Waals surface area contributed by atoms with E-state index in [2.05, 4.69) is 17.1 Å². The Morgan fingerprint density at radius 2 is 2.12 bits per heavy atom. The van der Waals surface area contributed by atoms with Gasteiger partial charge in [-0.2, -0.15) is 0 Å². The molecule has 1 aliphatic heterocycles. The summed E-state index contributed by atoms with van der Waals surface area (Å²) in [6, 6.07) is 6.37. The molecule has 0 aliphatic carbocycles. The molecular formula is C12H16Cl2N2. The van der Waals surface area contributed by atoms with Crippen molar-refractivity contribution in [2.75, 3.05) is 19.6 Å². The Bertz CT molecular complexity index is 364. The maximum atomic E-state index is 6.17. The molecule has 2 nitrogen and oxygen atoms in total. The van der Waals surface area contributed by atoms with Crippen LogP contribution in [0.25, 0.3) is 0 Å². The number of hydrogen-bond donors (Lipinski definition) is 1. The van der Waals surface area contributed by atoms with E-state index in [1.807, 2.05) is 18.2 Å². The average Bonchev–Trinajstić information content (AvgIpc) is 2.18. The minimum atomic E-state index is 0.650. The van der Waals surface area contributed by atoms with Gasteiger partial charge in [-0.05, 0) is 24.2 Å². The van der Waals surface area contributed by atoms with Gasteiger partial charge in [0.15, 0.2) is 0 Å². The van der Waals surface area contributed by atoms with Crippen molar-refractivity contribution < 1.29 is 0 Å². The second-order valence-electron chi connectivity index (χ2n) is 4.11. The summed E-state index contributed by atoms with van der Waals surface area (Å²) in [6.07, 6.45) is 0. The molecular weight excluding hydrogens is 243 g/mol. The fourth-order valence-electron chi connectivity index (χ4n) is 1.90. The molecule has 88 valence electrons. The Hall–Kier alpha value is -0.280.